The molecule has 17 heavy (non-hydrogen) atoms. The van der Waals surface area contributed by atoms with Crippen LogP contribution in [0.15, 0.2) is 36.7 Å². The highest BCUT2D eigenvalue weighted by molar-refractivity contribution is 6.30. The van der Waals surface area contributed by atoms with Gasteiger partial charge < -0.3 is 5.11 Å². The van der Waals surface area contributed by atoms with Gasteiger partial charge in [-0.2, -0.15) is 0 Å². The lowest BCUT2D eigenvalue weighted by molar-refractivity contribution is 0.219. The number of hydrogen-bond acceptors (Lipinski definition) is 2. The predicted octanol–water partition coefficient (Wildman–Crippen LogP) is 3.26. The van der Waals surface area contributed by atoms with Crippen molar-refractivity contribution >= 4 is 11.6 Å². The zero-order valence-corrected chi connectivity index (χ0v) is 9.95. The molecule has 0 radical (unpaired) electrons. The molecule has 2 rings (SSSR count). The number of nitrogens with zero attached hydrogens (tertiary/aromatic N) is 1. The second-order valence-corrected chi connectivity index (χ2v) is 4.22. The summed E-state index contributed by atoms with van der Waals surface area (Å²) in [4.78, 5) is 3.97. The molecule has 88 valence electrons. The van der Waals surface area contributed by atoms with Crippen molar-refractivity contribution in [3.8, 4) is 0 Å². The van der Waals surface area contributed by atoms with Gasteiger partial charge in [0.15, 0.2) is 0 Å². The fourth-order valence-corrected chi connectivity index (χ4v) is 1.81. The molecule has 1 N–H and O–H groups in total. The van der Waals surface area contributed by atoms with Crippen molar-refractivity contribution in [3.05, 3.63) is 64.2 Å². The second-order valence-electron chi connectivity index (χ2n) is 3.81. The molecule has 1 unspecified atom stereocenters. The summed E-state index contributed by atoms with van der Waals surface area (Å²) in [6, 6.07) is 5.99. The van der Waals surface area contributed by atoms with Crippen molar-refractivity contribution < 1.29 is 9.50 Å². The monoisotopic (exact) mass is 251 g/mol. The lowest BCUT2D eigenvalue weighted by Crippen LogP contribution is -2.02. The summed E-state index contributed by atoms with van der Waals surface area (Å²) < 4.78 is 13.0. The molecule has 0 saturated carbocycles. The first-order valence-corrected chi connectivity index (χ1v) is 5.51. The molecule has 0 spiro atoms. The molecule has 0 fully saturated rings. The standard InChI is InChI=1S/C13H11ClFNO/c1-8-4-5-16-7-10(8)13(17)9-2-3-12(15)11(14)6-9/h2-7,13,17H,1H3. The van der Waals surface area contributed by atoms with E-state index in [4.69, 9.17) is 11.6 Å². The van der Waals surface area contributed by atoms with Crippen LogP contribution < -0.4 is 0 Å². The van der Waals surface area contributed by atoms with Crippen LogP contribution in [-0.4, -0.2) is 10.1 Å². The maximum Gasteiger partial charge on any atom is 0.141 e. The van der Waals surface area contributed by atoms with Gasteiger partial charge in [0.1, 0.15) is 11.9 Å². The zero-order valence-electron chi connectivity index (χ0n) is 9.19. The van der Waals surface area contributed by atoms with E-state index in [1.54, 1.807) is 12.4 Å². The Balaban J connectivity index is 2.40. The van der Waals surface area contributed by atoms with Crippen LogP contribution in [0, 0.1) is 12.7 Å². The van der Waals surface area contributed by atoms with E-state index >= 15 is 0 Å². The Hall–Kier alpha value is -1.45. The number of aliphatic hydroxyl groups excluding tert-OH is 1. The van der Waals surface area contributed by atoms with Gasteiger partial charge in [-0.15, -0.1) is 0 Å². The van der Waals surface area contributed by atoms with Crippen molar-refractivity contribution in [1.82, 2.24) is 4.98 Å². The first-order valence-electron chi connectivity index (χ1n) is 5.13. The van der Waals surface area contributed by atoms with Gasteiger partial charge in [-0.3, -0.25) is 4.98 Å². The molecule has 0 bridgehead atoms. The van der Waals surface area contributed by atoms with E-state index in [1.165, 1.54) is 18.2 Å². The van der Waals surface area contributed by atoms with Crippen LogP contribution >= 0.6 is 11.6 Å². The Morgan fingerprint density at radius 3 is 2.76 bits per heavy atom. The quantitative estimate of drug-likeness (QED) is 0.889. The molecule has 1 aromatic heterocycles. The van der Waals surface area contributed by atoms with Gasteiger partial charge in [-0.25, -0.2) is 4.39 Å². The number of halogens is 2. The Kier molecular flexibility index (Phi) is 3.41. The predicted molar refractivity (Wildman–Crippen MR) is 64.4 cm³/mol. The highest BCUT2D eigenvalue weighted by atomic mass is 35.5. The third-order valence-electron chi connectivity index (χ3n) is 2.63. The van der Waals surface area contributed by atoms with Gasteiger partial charge >= 0.3 is 0 Å². The molecular weight excluding hydrogens is 241 g/mol. The van der Waals surface area contributed by atoms with Gasteiger partial charge in [0, 0.05) is 18.0 Å². The summed E-state index contributed by atoms with van der Waals surface area (Å²) in [5, 5.41) is 10.2. The fourth-order valence-electron chi connectivity index (χ4n) is 1.62. The van der Waals surface area contributed by atoms with Crippen molar-refractivity contribution in [3.63, 3.8) is 0 Å². The van der Waals surface area contributed by atoms with E-state index in [-0.39, 0.29) is 5.02 Å². The average Bonchev–Trinajstić information content (AvgIpc) is 2.32. The molecule has 0 saturated heterocycles. The summed E-state index contributed by atoms with van der Waals surface area (Å²) in [6.07, 6.45) is 2.40. The molecule has 1 heterocycles. The van der Waals surface area contributed by atoms with Crippen LogP contribution in [0.25, 0.3) is 0 Å². The van der Waals surface area contributed by atoms with Gasteiger partial charge in [0.2, 0.25) is 0 Å². The lowest BCUT2D eigenvalue weighted by Gasteiger charge is -2.13. The minimum atomic E-state index is -0.846. The summed E-state index contributed by atoms with van der Waals surface area (Å²) in [5.41, 5.74) is 2.16. The van der Waals surface area contributed by atoms with Crippen LogP contribution in [0.4, 0.5) is 4.39 Å². The van der Waals surface area contributed by atoms with E-state index in [1.807, 2.05) is 13.0 Å². The molecule has 4 heteroatoms. The number of hydrogen-bond donors (Lipinski definition) is 1. The Morgan fingerprint density at radius 1 is 1.35 bits per heavy atom. The maximum atomic E-state index is 13.0. The smallest absolute Gasteiger partial charge is 0.141 e. The number of aliphatic hydroxyl groups is 1. The number of aromatic nitrogens is 1. The Bertz CT molecular complexity index is 545. The fraction of sp³-hybridized carbons (Fsp3) is 0.154. The lowest BCUT2D eigenvalue weighted by atomic mass is 9.99. The third-order valence-corrected chi connectivity index (χ3v) is 2.92. The molecule has 0 aliphatic heterocycles. The molecule has 2 aromatic rings. The highest BCUT2D eigenvalue weighted by Crippen LogP contribution is 2.26. The molecule has 0 aliphatic carbocycles. The first kappa shape index (κ1) is 12.0. The van der Waals surface area contributed by atoms with Crippen molar-refractivity contribution in [1.29, 1.82) is 0 Å². The van der Waals surface area contributed by atoms with Gasteiger partial charge in [-0.05, 0) is 36.2 Å². The Morgan fingerprint density at radius 2 is 2.12 bits per heavy atom. The highest BCUT2D eigenvalue weighted by Gasteiger charge is 2.14. The summed E-state index contributed by atoms with van der Waals surface area (Å²) in [5.74, 6) is -0.495. The molecule has 1 aromatic carbocycles. The summed E-state index contributed by atoms with van der Waals surface area (Å²) in [6.45, 7) is 1.88. The number of benzene rings is 1. The van der Waals surface area contributed by atoms with E-state index in [2.05, 4.69) is 4.98 Å². The number of rotatable bonds is 2. The zero-order chi connectivity index (χ0) is 12.4. The normalized spacial score (nSPS) is 12.5. The van der Waals surface area contributed by atoms with E-state index in [0.717, 1.165) is 5.56 Å². The average molecular weight is 252 g/mol. The van der Waals surface area contributed by atoms with Crippen molar-refractivity contribution in [2.75, 3.05) is 0 Å². The number of pyridine rings is 1. The van der Waals surface area contributed by atoms with Gasteiger partial charge in [0.05, 0.1) is 5.02 Å². The molecule has 2 nitrogen and oxygen atoms in total. The van der Waals surface area contributed by atoms with Crippen LogP contribution in [0.1, 0.15) is 22.8 Å². The third kappa shape index (κ3) is 2.46. The maximum absolute atomic E-state index is 13.0. The summed E-state index contributed by atoms with van der Waals surface area (Å²) >= 11 is 5.68. The SMILES string of the molecule is Cc1ccncc1C(O)c1ccc(F)c(Cl)c1. The molecule has 1 atom stereocenters. The van der Waals surface area contributed by atoms with Crippen LogP contribution in [0.2, 0.25) is 5.02 Å². The van der Waals surface area contributed by atoms with Crippen molar-refractivity contribution in [2.45, 2.75) is 13.0 Å². The van der Waals surface area contributed by atoms with Gasteiger partial charge in [-0.1, -0.05) is 17.7 Å². The molecule has 0 amide bonds. The van der Waals surface area contributed by atoms with Gasteiger partial charge in [0.25, 0.3) is 0 Å². The largest absolute Gasteiger partial charge is 0.384 e. The second kappa shape index (κ2) is 4.82. The Labute approximate surface area is 104 Å². The van der Waals surface area contributed by atoms with Crippen LogP contribution in [0.3, 0.4) is 0 Å². The molecular formula is C13H11ClFNO. The molecule has 0 aliphatic rings. The minimum absolute atomic E-state index is 0.00286. The first-order chi connectivity index (χ1) is 8.09. The van der Waals surface area contributed by atoms with Crippen LogP contribution in [0.5, 0.6) is 0 Å². The minimum Gasteiger partial charge on any atom is -0.384 e. The number of aryl methyl sites for hydroxylation is 1. The summed E-state index contributed by atoms with van der Waals surface area (Å²) in [7, 11) is 0. The van der Waals surface area contributed by atoms with E-state index in [0.29, 0.717) is 11.1 Å². The van der Waals surface area contributed by atoms with Crippen LogP contribution in [-0.2, 0) is 0 Å². The van der Waals surface area contributed by atoms with Crippen molar-refractivity contribution in [2.24, 2.45) is 0 Å². The van der Waals surface area contributed by atoms with E-state index < -0.39 is 11.9 Å². The topological polar surface area (TPSA) is 33.1 Å². The van der Waals surface area contributed by atoms with E-state index in [9.17, 15) is 9.50 Å².